The summed E-state index contributed by atoms with van der Waals surface area (Å²) in [7, 11) is 0. The molecule has 0 aliphatic carbocycles. The van der Waals surface area contributed by atoms with Crippen LogP contribution in [0, 0.1) is 0 Å². The van der Waals surface area contributed by atoms with Crippen LogP contribution in [0.5, 0.6) is 0 Å². The molecule has 1 N–H and O–H groups in total. The third-order valence-electron chi connectivity index (χ3n) is 2.77. The van der Waals surface area contributed by atoms with E-state index in [1.54, 1.807) is 18.3 Å². The fraction of sp³-hybridized carbons (Fsp3) is 0.308. The zero-order valence-corrected chi connectivity index (χ0v) is 10.4. The Morgan fingerprint density at radius 3 is 2.71 bits per heavy atom. The van der Waals surface area contributed by atoms with Crippen LogP contribution in [0.15, 0.2) is 36.7 Å². The summed E-state index contributed by atoms with van der Waals surface area (Å²) in [5.41, 5.74) is 0.861. The number of imidazole rings is 1. The molecule has 0 amide bonds. The Kier molecular flexibility index (Phi) is 3.82. The van der Waals surface area contributed by atoms with E-state index in [0.29, 0.717) is 11.4 Å². The molecule has 4 heteroatoms. The lowest BCUT2D eigenvalue weighted by molar-refractivity contribution is 0.174. The number of halogens is 1. The molecule has 2 rings (SSSR count). The van der Waals surface area contributed by atoms with Gasteiger partial charge in [-0.05, 0) is 24.6 Å². The molecule has 0 aliphatic rings. The predicted molar refractivity (Wildman–Crippen MR) is 68.0 cm³/mol. The molecular formula is C13H15ClN2O. The molecular weight excluding hydrogens is 236 g/mol. The second-order valence-electron chi connectivity index (χ2n) is 3.90. The van der Waals surface area contributed by atoms with E-state index in [9.17, 15) is 5.11 Å². The normalized spacial score (nSPS) is 12.6. The van der Waals surface area contributed by atoms with Crippen molar-refractivity contribution < 1.29 is 5.11 Å². The largest absolute Gasteiger partial charge is 0.388 e. The van der Waals surface area contributed by atoms with Gasteiger partial charge in [0, 0.05) is 30.4 Å². The van der Waals surface area contributed by atoms with Crippen LogP contribution in [-0.2, 0) is 13.0 Å². The van der Waals surface area contributed by atoms with E-state index in [2.05, 4.69) is 11.9 Å². The molecule has 0 aliphatic heterocycles. The van der Waals surface area contributed by atoms with Crippen molar-refractivity contribution in [1.82, 2.24) is 9.55 Å². The Morgan fingerprint density at radius 1 is 1.35 bits per heavy atom. The second kappa shape index (κ2) is 5.34. The van der Waals surface area contributed by atoms with Gasteiger partial charge in [0.15, 0.2) is 0 Å². The number of aliphatic hydroxyl groups excluding tert-OH is 1. The van der Waals surface area contributed by atoms with Gasteiger partial charge in [-0.3, -0.25) is 0 Å². The van der Waals surface area contributed by atoms with E-state index in [4.69, 9.17) is 11.6 Å². The minimum atomic E-state index is -0.542. The number of rotatable bonds is 4. The predicted octanol–water partition coefficient (Wildman–Crippen LogP) is 2.83. The number of nitrogens with zero attached hydrogens (tertiary/aromatic N) is 2. The summed E-state index contributed by atoms with van der Waals surface area (Å²) in [5, 5.41) is 10.8. The lowest BCUT2D eigenvalue weighted by Crippen LogP contribution is -2.08. The minimum Gasteiger partial charge on any atom is -0.388 e. The fourth-order valence-electron chi connectivity index (χ4n) is 1.79. The van der Waals surface area contributed by atoms with Crippen molar-refractivity contribution in [3.8, 4) is 0 Å². The molecule has 0 spiro atoms. The maximum Gasteiger partial charge on any atom is 0.111 e. The van der Waals surface area contributed by atoms with Gasteiger partial charge >= 0.3 is 0 Å². The van der Waals surface area contributed by atoms with Crippen molar-refractivity contribution in [3.63, 3.8) is 0 Å². The molecule has 0 radical (unpaired) electrons. The SMILES string of the molecule is CCn1ccnc1CC(O)c1ccc(Cl)cc1. The maximum absolute atomic E-state index is 10.1. The van der Waals surface area contributed by atoms with E-state index in [-0.39, 0.29) is 0 Å². The molecule has 90 valence electrons. The number of benzene rings is 1. The zero-order valence-electron chi connectivity index (χ0n) is 9.68. The van der Waals surface area contributed by atoms with Gasteiger partial charge in [0.2, 0.25) is 0 Å². The van der Waals surface area contributed by atoms with Gasteiger partial charge in [0.25, 0.3) is 0 Å². The average Bonchev–Trinajstić information content (AvgIpc) is 2.77. The first-order valence-corrected chi connectivity index (χ1v) is 6.02. The van der Waals surface area contributed by atoms with Gasteiger partial charge < -0.3 is 9.67 Å². The molecule has 0 fully saturated rings. The molecule has 1 aromatic carbocycles. The summed E-state index contributed by atoms with van der Waals surface area (Å²) in [6, 6.07) is 7.25. The van der Waals surface area contributed by atoms with Crippen LogP contribution in [0.1, 0.15) is 24.4 Å². The first kappa shape index (κ1) is 12.1. The van der Waals surface area contributed by atoms with Crippen molar-refractivity contribution in [3.05, 3.63) is 53.1 Å². The highest BCUT2D eigenvalue weighted by Crippen LogP contribution is 2.19. The van der Waals surface area contributed by atoms with Crippen LogP contribution in [0.25, 0.3) is 0 Å². The third kappa shape index (κ3) is 2.87. The number of aromatic nitrogens is 2. The van der Waals surface area contributed by atoms with Crippen molar-refractivity contribution in [2.75, 3.05) is 0 Å². The molecule has 17 heavy (non-hydrogen) atoms. The third-order valence-corrected chi connectivity index (χ3v) is 3.03. The Bertz CT molecular complexity index is 478. The molecule has 0 saturated heterocycles. The van der Waals surface area contributed by atoms with Gasteiger partial charge in [-0.15, -0.1) is 0 Å². The van der Waals surface area contributed by atoms with E-state index in [1.807, 2.05) is 22.9 Å². The number of aryl methyl sites for hydroxylation is 1. The molecule has 1 unspecified atom stereocenters. The molecule has 1 atom stereocenters. The molecule has 2 aromatic rings. The van der Waals surface area contributed by atoms with Crippen molar-refractivity contribution in [2.24, 2.45) is 0 Å². The summed E-state index contributed by atoms with van der Waals surface area (Å²) >= 11 is 5.81. The number of hydrogen-bond donors (Lipinski definition) is 1. The molecule has 0 saturated carbocycles. The molecule has 0 bridgehead atoms. The van der Waals surface area contributed by atoms with E-state index < -0.39 is 6.10 Å². The summed E-state index contributed by atoms with van der Waals surface area (Å²) in [5.74, 6) is 0.898. The topological polar surface area (TPSA) is 38.0 Å². The summed E-state index contributed by atoms with van der Waals surface area (Å²) < 4.78 is 2.03. The van der Waals surface area contributed by atoms with Crippen LogP contribution in [0.3, 0.4) is 0 Å². The lowest BCUT2D eigenvalue weighted by Gasteiger charge is -2.11. The van der Waals surface area contributed by atoms with E-state index >= 15 is 0 Å². The Balaban J connectivity index is 2.11. The van der Waals surface area contributed by atoms with Gasteiger partial charge in [0.05, 0.1) is 6.10 Å². The highest BCUT2D eigenvalue weighted by molar-refractivity contribution is 6.30. The van der Waals surface area contributed by atoms with Gasteiger partial charge in [-0.1, -0.05) is 23.7 Å². The zero-order chi connectivity index (χ0) is 12.3. The highest BCUT2D eigenvalue weighted by atomic mass is 35.5. The van der Waals surface area contributed by atoms with Crippen molar-refractivity contribution >= 4 is 11.6 Å². The summed E-state index contributed by atoms with van der Waals surface area (Å²) in [6.07, 6.45) is 3.65. The lowest BCUT2D eigenvalue weighted by atomic mass is 10.1. The van der Waals surface area contributed by atoms with Crippen molar-refractivity contribution in [1.29, 1.82) is 0 Å². The Hall–Kier alpha value is -1.32. The second-order valence-corrected chi connectivity index (χ2v) is 4.34. The smallest absolute Gasteiger partial charge is 0.111 e. The Labute approximate surface area is 106 Å². The number of aliphatic hydroxyl groups is 1. The van der Waals surface area contributed by atoms with Crippen LogP contribution < -0.4 is 0 Å². The first-order valence-electron chi connectivity index (χ1n) is 5.64. The van der Waals surface area contributed by atoms with Crippen molar-refractivity contribution in [2.45, 2.75) is 26.0 Å². The summed E-state index contributed by atoms with van der Waals surface area (Å²) in [6.45, 7) is 2.92. The maximum atomic E-state index is 10.1. The number of hydrogen-bond acceptors (Lipinski definition) is 2. The molecule has 1 aromatic heterocycles. The van der Waals surface area contributed by atoms with Crippen LogP contribution >= 0.6 is 11.6 Å². The Morgan fingerprint density at radius 2 is 2.06 bits per heavy atom. The van der Waals surface area contributed by atoms with E-state index in [1.165, 1.54) is 0 Å². The fourth-order valence-corrected chi connectivity index (χ4v) is 1.92. The quantitative estimate of drug-likeness (QED) is 0.906. The van der Waals surface area contributed by atoms with Crippen LogP contribution in [0.2, 0.25) is 5.02 Å². The van der Waals surface area contributed by atoms with Gasteiger partial charge in [-0.25, -0.2) is 4.98 Å². The molecule has 1 heterocycles. The monoisotopic (exact) mass is 250 g/mol. The van der Waals surface area contributed by atoms with Gasteiger partial charge in [-0.2, -0.15) is 0 Å². The average molecular weight is 251 g/mol. The van der Waals surface area contributed by atoms with Gasteiger partial charge in [0.1, 0.15) is 5.82 Å². The van der Waals surface area contributed by atoms with Crippen LogP contribution in [-0.4, -0.2) is 14.7 Å². The minimum absolute atomic E-state index is 0.516. The standard InChI is InChI=1S/C13H15ClN2O/c1-2-16-8-7-15-13(16)9-12(17)10-3-5-11(14)6-4-10/h3-8,12,17H,2,9H2,1H3. The highest BCUT2D eigenvalue weighted by Gasteiger charge is 2.11. The summed E-state index contributed by atoms with van der Waals surface area (Å²) in [4.78, 5) is 4.25. The van der Waals surface area contributed by atoms with Crippen LogP contribution in [0.4, 0.5) is 0 Å². The molecule has 3 nitrogen and oxygen atoms in total. The first-order chi connectivity index (χ1) is 8.20. The van der Waals surface area contributed by atoms with E-state index in [0.717, 1.165) is 17.9 Å².